The number of furan rings is 1. The molecule has 0 unspecified atom stereocenters. The Bertz CT molecular complexity index is 765. The molecule has 4 nitrogen and oxygen atoms in total. The zero-order chi connectivity index (χ0) is 13.9. The van der Waals surface area contributed by atoms with Gasteiger partial charge in [-0.25, -0.2) is 4.98 Å². The van der Waals surface area contributed by atoms with Crippen LogP contribution in [0.3, 0.4) is 0 Å². The van der Waals surface area contributed by atoms with Crippen LogP contribution in [0, 0.1) is 3.77 Å². The molecule has 0 aliphatic carbocycles. The Labute approximate surface area is 137 Å². The number of fused-ring (bicyclic) bond motifs is 1. The van der Waals surface area contributed by atoms with Crippen molar-refractivity contribution in [3.05, 3.63) is 56.5 Å². The van der Waals surface area contributed by atoms with Crippen LogP contribution in [0.25, 0.3) is 10.9 Å². The summed E-state index contributed by atoms with van der Waals surface area (Å²) in [6.07, 6.45) is 1.61. The van der Waals surface area contributed by atoms with Crippen molar-refractivity contribution in [1.29, 1.82) is 0 Å². The standard InChI is InChI=1S/C14H9BrIN3O/c15-11-7-10(20-14(11)16)8-17-19-13-6-5-9-3-1-2-4-12(9)18-13/h1-8H,(H,18,19)/b17-8-. The molecule has 0 aliphatic heterocycles. The van der Waals surface area contributed by atoms with Gasteiger partial charge >= 0.3 is 0 Å². The van der Waals surface area contributed by atoms with Gasteiger partial charge in [-0.15, -0.1) is 0 Å². The second-order valence-corrected chi connectivity index (χ2v) is 5.86. The van der Waals surface area contributed by atoms with Crippen LogP contribution < -0.4 is 5.43 Å². The number of rotatable bonds is 3. The van der Waals surface area contributed by atoms with E-state index in [2.05, 4.69) is 54.0 Å². The number of aromatic nitrogens is 1. The molecule has 0 atom stereocenters. The fraction of sp³-hybridized carbons (Fsp3) is 0. The summed E-state index contributed by atoms with van der Waals surface area (Å²) in [4.78, 5) is 4.46. The van der Waals surface area contributed by atoms with Crippen molar-refractivity contribution >= 4 is 61.5 Å². The monoisotopic (exact) mass is 441 g/mol. The first-order chi connectivity index (χ1) is 9.72. The first kappa shape index (κ1) is 13.6. The molecule has 0 fully saturated rings. The Kier molecular flexibility index (Phi) is 4.02. The molecule has 2 heterocycles. The Balaban J connectivity index is 1.76. The lowest BCUT2D eigenvalue weighted by atomic mass is 10.2. The summed E-state index contributed by atoms with van der Waals surface area (Å²) in [7, 11) is 0. The zero-order valence-electron chi connectivity index (χ0n) is 10.2. The normalized spacial score (nSPS) is 11.3. The number of nitrogens with one attached hydrogen (secondary N) is 1. The van der Waals surface area contributed by atoms with E-state index in [-0.39, 0.29) is 0 Å². The Hall–Kier alpha value is -1.41. The Morgan fingerprint density at radius 3 is 2.90 bits per heavy atom. The predicted molar refractivity (Wildman–Crippen MR) is 92.1 cm³/mol. The maximum atomic E-state index is 5.45. The van der Waals surface area contributed by atoms with Gasteiger partial charge < -0.3 is 4.42 Å². The first-order valence-corrected chi connectivity index (χ1v) is 7.69. The number of anilines is 1. The van der Waals surface area contributed by atoms with Gasteiger partial charge in [-0.3, -0.25) is 5.43 Å². The lowest BCUT2D eigenvalue weighted by Gasteiger charge is -2.01. The molecule has 0 amide bonds. The molecule has 0 bridgehead atoms. The molecular formula is C14H9BrIN3O. The van der Waals surface area contributed by atoms with Gasteiger partial charge in [-0.2, -0.15) is 5.10 Å². The van der Waals surface area contributed by atoms with Crippen molar-refractivity contribution in [3.8, 4) is 0 Å². The summed E-state index contributed by atoms with van der Waals surface area (Å²) in [6.45, 7) is 0. The molecule has 0 radical (unpaired) electrons. The van der Waals surface area contributed by atoms with Crippen LogP contribution in [0.1, 0.15) is 5.76 Å². The third-order valence-electron chi connectivity index (χ3n) is 2.63. The van der Waals surface area contributed by atoms with Crippen molar-refractivity contribution in [3.63, 3.8) is 0 Å². The lowest BCUT2D eigenvalue weighted by molar-refractivity contribution is 0.529. The van der Waals surface area contributed by atoms with Crippen LogP contribution in [0.15, 0.2) is 56.5 Å². The predicted octanol–water partition coefficient (Wildman–Crippen LogP) is 4.64. The van der Waals surface area contributed by atoms with Crippen molar-refractivity contribution in [2.24, 2.45) is 5.10 Å². The molecular weight excluding hydrogens is 433 g/mol. The molecule has 1 aromatic carbocycles. The Morgan fingerprint density at radius 1 is 1.25 bits per heavy atom. The van der Waals surface area contributed by atoms with E-state index in [1.165, 1.54) is 0 Å². The number of hydrogen-bond acceptors (Lipinski definition) is 4. The van der Waals surface area contributed by atoms with E-state index >= 15 is 0 Å². The maximum Gasteiger partial charge on any atom is 0.178 e. The summed E-state index contributed by atoms with van der Waals surface area (Å²) in [5, 5.41) is 5.22. The minimum Gasteiger partial charge on any atom is -0.448 e. The molecule has 3 aromatic rings. The van der Waals surface area contributed by atoms with Crippen molar-refractivity contribution in [2.75, 3.05) is 5.43 Å². The van der Waals surface area contributed by atoms with Gasteiger partial charge in [0.05, 0.1) is 16.2 Å². The third kappa shape index (κ3) is 3.01. The maximum absolute atomic E-state index is 5.45. The van der Waals surface area contributed by atoms with Crippen LogP contribution >= 0.6 is 38.5 Å². The molecule has 0 spiro atoms. The van der Waals surface area contributed by atoms with Gasteiger partial charge in [0.15, 0.2) is 3.77 Å². The molecule has 3 rings (SSSR count). The molecule has 0 aliphatic rings. The smallest absolute Gasteiger partial charge is 0.178 e. The van der Waals surface area contributed by atoms with E-state index in [9.17, 15) is 0 Å². The highest BCUT2D eigenvalue weighted by atomic mass is 127. The van der Waals surface area contributed by atoms with Crippen LogP contribution in [-0.4, -0.2) is 11.2 Å². The number of benzene rings is 1. The minimum absolute atomic E-state index is 0.676. The highest BCUT2D eigenvalue weighted by Gasteiger charge is 2.03. The second-order valence-electron chi connectivity index (χ2n) is 4.03. The minimum atomic E-state index is 0.676. The number of halogens is 2. The molecule has 6 heteroatoms. The Morgan fingerprint density at radius 2 is 2.10 bits per heavy atom. The van der Waals surface area contributed by atoms with Crippen LogP contribution in [0.4, 0.5) is 5.82 Å². The average molecular weight is 442 g/mol. The van der Waals surface area contributed by atoms with Crippen LogP contribution in [0.5, 0.6) is 0 Å². The zero-order valence-corrected chi connectivity index (χ0v) is 13.9. The summed E-state index contributed by atoms with van der Waals surface area (Å²) in [5.41, 5.74) is 3.83. The largest absolute Gasteiger partial charge is 0.448 e. The highest BCUT2D eigenvalue weighted by Crippen LogP contribution is 2.22. The van der Waals surface area contributed by atoms with Crippen molar-refractivity contribution in [1.82, 2.24) is 4.98 Å². The molecule has 2 aromatic heterocycles. The van der Waals surface area contributed by atoms with Gasteiger partial charge in [0.25, 0.3) is 0 Å². The number of nitrogens with zero attached hydrogens (tertiary/aromatic N) is 2. The first-order valence-electron chi connectivity index (χ1n) is 5.82. The van der Waals surface area contributed by atoms with Crippen LogP contribution in [-0.2, 0) is 0 Å². The van der Waals surface area contributed by atoms with E-state index in [1.807, 2.05) is 42.5 Å². The van der Waals surface area contributed by atoms with Crippen molar-refractivity contribution < 1.29 is 4.42 Å². The topological polar surface area (TPSA) is 50.4 Å². The summed E-state index contributed by atoms with van der Waals surface area (Å²) < 4.78 is 7.17. The summed E-state index contributed by atoms with van der Waals surface area (Å²) >= 11 is 5.49. The third-order valence-corrected chi connectivity index (χ3v) is 4.77. The lowest BCUT2D eigenvalue weighted by Crippen LogP contribution is -1.93. The van der Waals surface area contributed by atoms with E-state index in [0.29, 0.717) is 11.6 Å². The number of hydrazone groups is 1. The number of pyridine rings is 1. The summed E-state index contributed by atoms with van der Waals surface area (Å²) in [6, 6.07) is 13.7. The van der Waals surface area contributed by atoms with Gasteiger partial charge in [0, 0.05) is 34.0 Å². The van der Waals surface area contributed by atoms with E-state index < -0.39 is 0 Å². The second kappa shape index (κ2) is 5.92. The van der Waals surface area contributed by atoms with E-state index in [1.54, 1.807) is 6.21 Å². The fourth-order valence-electron chi connectivity index (χ4n) is 1.72. The van der Waals surface area contributed by atoms with Gasteiger partial charge in [0.2, 0.25) is 0 Å². The quantitative estimate of drug-likeness (QED) is 0.366. The number of para-hydroxylation sites is 1. The van der Waals surface area contributed by atoms with E-state index in [4.69, 9.17) is 4.42 Å². The van der Waals surface area contributed by atoms with Gasteiger partial charge in [-0.1, -0.05) is 18.2 Å². The molecule has 100 valence electrons. The molecule has 0 saturated carbocycles. The molecule has 1 N–H and O–H groups in total. The highest BCUT2D eigenvalue weighted by molar-refractivity contribution is 14.1. The summed E-state index contributed by atoms with van der Waals surface area (Å²) in [5.74, 6) is 1.37. The SMILES string of the molecule is Brc1cc(/C=N\Nc2ccc3ccccc3n2)oc1I. The van der Waals surface area contributed by atoms with Gasteiger partial charge in [0.1, 0.15) is 11.6 Å². The van der Waals surface area contributed by atoms with Crippen LogP contribution in [0.2, 0.25) is 0 Å². The average Bonchev–Trinajstić information content (AvgIpc) is 2.77. The molecule has 0 saturated heterocycles. The number of hydrogen-bond donors (Lipinski definition) is 1. The molecule has 20 heavy (non-hydrogen) atoms. The van der Waals surface area contributed by atoms with Gasteiger partial charge in [-0.05, 0) is 34.1 Å². The van der Waals surface area contributed by atoms with E-state index in [0.717, 1.165) is 19.1 Å². The van der Waals surface area contributed by atoms with Crippen molar-refractivity contribution in [2.45, 2.75) is 0 Å². The fourth-order valence-corrected chi connectivity index (χ4v) is 2.43.